The lowest BCUT2D eigenvalue weighted by atomic mass is 9.88. The van der Waals surface area contributed by atoms with Crippen LogP contribution in [0.3, 0.4) is 0 Å². The first-order chi connectivity index (χ1) is 11.1. The second kappa shape index (κ2) is 7.24. The molecule has 2 N–H and O–H groups in total. The first kappa shape index (κ1) is 16.2. The maximum atomic E-state index is 13.0. The predicted octanol–water partition coefficient (Wildman–Crippen LogP) is 3.53. The Morgan fingerprint density at radius 2 is 1.83 bits per heavy atom. The van der Waals surface area contributed by atoms with E-state index in [1.165, 1.54) is 16.7 Å². The van der Waals surface area contributed by atoms with Crippen molar-refractivity contribution in [2.24, 2.45) is 11.7 Å². The highest BCUT2D eigenvalue weighted by Gasteiger charge is 2.25. The van der Waals surface area contributed by atoms with Gasteiger partial charge in [-0.1, -0.05) is 36.4 Å². The molecule has 0 radical (unpaired) electrons. The van der Waals surface area contributed by atoms with Crippen LogP contribution in [0, 0.1) is 18.7 Å². The van der Waals surface area contributed by atoms with Gasteiger partial charge in [0, 0.05) is 25.7 Å². The quantitative estimate of drug-likeness (QED) is 0.936. The molecule has 2 aromatic carbocycles. The minimum absolute atomic E-state index is 0.171. The smallest absolute Gasteiger partial charge is 0.123 e. The minimum atomic E-state index is -0.171. The molecule has 3 heteroatoms. The van der Waals surface area contributed by atoms with Gasteiger partial charge in [-0.3, -0.25) is 4.90 Å². The molecule has 0 amide bonds. The van der Waals surface area contributed by atoms with Gasteiger partial charge in [0.1, 0.15) is 5.82 Å². The summed E-state index contributed by atoms with van der Waals surface area (Å²) >= 11 is 0. The van der Waals surface area contributed by atoms with Crippen molar-refractivity contribution >= 4 is 0 Å². The fourth-order valence-electron chi connectivity index (χ4n) is 3.61. The lowest BCUT2D eigenvalue weighted by Crippen LogP contribution is -2.47. The number of hydrogen-bond donors (Lipinski definition) is 1. The highest BCUT2D eigenvalue weighted by molar-refractivity contribution is 5.25. The average molecular weight is 312 g/mol. The van der Waals surface area contributed by atoms with Crippen LogP contribution in [-0.4, -0.2) is 24.0 Å². The number of halogens is 1. The highest BCUT2D eigenvalue weighted by atomic mass is 19.1. The molecule has 1 aliphatic rings. The van der Waals surface area contributed by atoms with E-state index in [2.05, 4.69) is 36.1 Å². The van der Waals surface area contributed by atoms with E-state index in [-0.39, 0.29) is 11.9 Å². The normalized spacial score (nSPS) is 22.2. The summed E-state index contributed by atoms with van der Waals surface area (Å²) in [6.07, 6.45) is 2.01. The molecule has 2 unspecified atom stereocenters. The molecule has 0 aromatic heterocycles. The Bertz CT molecular complexity index is 638. The van der Waals surface area contributed by atoms with Crippen molar-refractivity contribution in [2.75, 3.05) is 13.1 Å². The standard InChI is InChI=1S/C20H25FN2/c1-15-4-2-3-5-18(15)13-23-12-17(11-20(22)14-23)10-16-6-8-19(21)9-7-16/h2-9,17,20H,10-14,22H2,1H3. The van der Waals surface area contributed by atoms with Crippen LogP contribution in [0.4, 0.5) is 4.39 Å². The van der Waals surface area contributed by atoms with Crippen molar-refractivity contribution in [3.63, 3.8) is 0 Å². The number of benzene rings is 2. The van der Waals surface area contributed by atoms with Gasteiger partial charge in [-0.05, 0) is 54.5 Å². The Labute approximate surface area is 138 Å². The zero-order valence-corrected chi connectivity index (χ0v) is 13.7. The molecule has 0 aliphatic carbocycles. The van der Waals surface area contributed by atoms with Gasteiger partial charge < -0.3 is 5.73 Å². The monoisotopic (exact) mass is 312 g/mol. The molecule has 0 spiro atoms. The summed E-state index contributed by atoms with van der Waals surface area (Å²) in [7, 11) is 0. The fourth-order valence-corrected chi connectivity index (χ4v) is 3.61. The molecule has 23 heavy (non-hydrogen) atoms. The number of aryl methyl sites for hydroxylation is 1. The Hall–Kier alpha value is -1.71. The Morgan fingerprint density at radius 1 is 1.09 bits per heavy atom. The number of nitrogens with zero attached hydrogens (tertiary/aromatic N) is 1. The zero-order valence-electron chi connectivity index (χ0n) is 13.7. The number of piperidine rings is 1. The Morgan fingerprint density at radius 3 is 2.57 bits per heavy atom. The van der Waals surface area contributed by atoms with E-state index < -0.39 is 0 Å². The fraction of sp³-hybridized carbons (Fsp3) is 0.400. The molecule has 2 aromatic rings. The summed E-state index contributed by atoms with van der Waals surface area (Å²) in [5.74, 6) is 0.364. The van der Waals surface area contributed by atoms with Gasteiger partial charge in [0.25, 0.3) is 0 Å². The first-order valence-electron chi connectivity index (χ1n) is 8.37. The molecule has 2 nitrogen and oxygen atoms in total. The molecule has 1 aliphatic heterocycles. The van der Waals surface area contributed by atoms with E-state index in [0.29, 0.717) is 5.92 Å². The van der Waals surface area contributed by atoms with Gasteiger partial charge in [-0.15, -0.1) is 0 Å². The molecule has 3 rings (SSSR count). The van der Waals surface area contributed by atoms with Crippen molar-refractivity contribution in [2.45, 2.75) is 32.4 Å². The van der Waals surface area contributed by atoms with Crippen LogP contribution in [0.25, 0.3) is 0 Å². The maximum absolute atomic E-state index is 13.0. The van der Waals surface area contributed by atoms with E-state index in [1.54, 1.807) is 12.1 Å². The van der Waals surface area contributed by atoms with E-state index in [1.807, 2.05) is 12.1 Å². The lowest BCUT2D eigenvalue weighted by Gasteiger charge is -2.36. The number of nitrogens with two attached hydrogens (primary N) is 1. The van der Waals surface area contributed by atoms with Crippen LogP contribution in [0.5, 0.6) is 0 Å². The van der Waals surface area contributed by atoms with E-state index in [4.69, 9.17) is 5.73 Å². The third-order valence-electron chi connectivity index (χ3n) is 4.74. The molecular formula is C20H25FN2. The summed E-state index contributed by atoms with van der Waals surface area (Å²) in [6.45, 7) is 5.13. The van der Waals surface area contributed by atoms with Crippen LogP contribution < -0.4 is 5.73 Å². The molecule has 122 valence electrons. The summed E-state index contributed by atoms with van der Waals surface area (Å²) in [6, 6.07) is 15.6. The largest absolute Gasteiger partial charge is 0.327 e. The Balaban J connectivity index is 1.64. The Kier molecular flexibility index (Phi) is 5.09. The summed E-state index contributed by atoms with van der Waals surface area (Å²) in [4.78, 5) is 2.46. The van der Waals surface area contributed by atoms with Gasteiger partial charge in [0.05, 0.1) is 0 Å². The highest BCUT2D eigenvalue weighted by Crippen LogP contribution is 2.22. The lowest BCUT2D eigenvalue weighted by molar-refractivity contribution is 0.149. The van der Waals surface area contributed by atoms with Crippen molar-refractivity contribution in [3.05, 3.63) is 71.0 Å². The van der Waals surface area contributed by atoms with Gasteiger partial charge >= 0.3 is 0 Å². The second-order valence-corrected chi connectivity index (χ2v) is 6.81. The van der Waals surface area contributed by atoms with Crippen molar-refractivity contribution in [1.29, 1.82) is 0 Å². The minimum Gasteiger partial charge on any atom is -0.327 e. The first-order valence-corrected chi connectivity index (χ1v) is 8.37. The zero-order chi connectivity index (χ0) is 16.2. The number of likely N-dealkylation sites (tertiary alicyclic amines) is 1. The third-order valence-corrected chi connectivity index (χ3v) is 4.74. The van der Waals surface area contributed by atoms with Gasteiger partial charge in [-0.2, -0.15) is 0 Å². The average Bonchev–Trinajstić information content (AvgIpc) is 2.51. The molecule has 0 saturated carbocycles. The maximum Gasteiger partial charge on any atom is 0.123 e. The van der Waals surface area contributed by atoms with E-state index >= 15 is 0 Å². The van der Waals surface area contributed by atoms with Crippen molar-refractivity contribution in [3.8, 4) is 0 Å². The molecule has 1 fully saturated rings. The molecule has 0 bridgehead atoms. The van der Waals surface area contributed by atoms with Crippen LogP contribution in [0.2, 0.25) is 0 Å². The van der Waals surface area contributed by atoms with Crippen LogP contribution >= 0.6 is 0 Å². The van der Waals surface area contributed by atoms with Gasteiger partial charge in [0.15, 0.2) is 0 Å². The topological polar surface area (TPSA) is 29.3 Å². The molecule has 2 atom stereocenters. The summed E-state index contributed by atoms with van der Waals surface area (Å²) < 4.78 is 13.0. The second-order valence-electron chi connectivity index (χ2n) is 6.81. The third kappa shape index (κ3) is 4.40. The predicted molar refractivity (Wildman–Crippen MR) is 92.6 cm³/mol. The summed E-state index contributed by atoms with van der Waals surface area (Å²) in [5.41, 5.74) is 10.2. The number of hydrogen-bond acceptors (Lipinski definition) is 2. The van der Waals surface area contributed by atoms with E-state index in [9.17, 15) is 4.39 Å². The summed E-state index contributed by atoms with van der Waals surface area (Å²) in [5, 5.41) is 0. The SMILES string of the molecule is Cc1ccccc1CN1CC(N)CC(Cc2ccc(F)cc2)C1. The van der Waals surface area contributed by atoms with E-state index in [0.717, 1.165) is 32.5 Å². The van der Waals surface area contributed by atoms with Crippen LogP contribution in [-0.2, 0) is 13.0 Å². The van der Waals surface area contributed by atoms with Crippen molar-refractivity contribution < 1.29 is 4.39 Å². The number of rotatable bonds is 4. The molecule has 1 saturated heterocycles. The van der Waals surface area contributed by atoms with Crippen molar-refractivity contribution in [1.82, 2.24) is 4.90 Å². The van der Waals surface area contributed by atoms with Crippen LogP contribution in [0.1, 0.15) is 23.1 Å². The molecule has 1 heterocycles. The van der Waals surface area contributed by atoms with Gasteiger partial charge in [0.2, 0.25) is 0 Å². The van der Waals surface area contributed by atoms with Gasteiger partial charge in [-0.25, -0.2) is 4.39 Å². The molecular weight excluding hydrogens is 287 g/mol. The van der Waals surface area contributed by atoms with Crippen LogP contribution in [0.15, 0.2) is 48.5 Å².